The van der Waals surface area contributed by atoms with Crippen LogP contribution in [0.2, 0.25) is 0 Å². The van der Waals surface area contributed by atoms with Gasteiger partial charge in [-0.3, -0.25) is 4.79 Å². The van der Waals surface area contributed by atoms with Gasteiger partial charge in [0.2, 0.25) is 0 Å². The van der Waals surface area contributed by atoms with Gasteiger partial charge in [-0.1, -0.05) is 5.92 Å². The Morgan fingerprint density at radius 2 is 2.33 bits per heavy atom. The van der Waals surface area contributed by atoms with Crippen molar-refractivity contribution in [3.63, 3.8) is 0 Å². The van der Waals surface area contributed by atoms with Crippen molar-refractivity contribution in [2.45, 2.75) is 19.3 Å². The van der Waals surface area contributed by atoms with Gasteiger partial charge < -0.3 is 4.74 Å². The molecule has 0 saturated heterocycles. The van der Waals surface area contributed by atoms with Crippen molar-refractivity contribution >= 4 is 28.4 Å². The minimum absolute atomic E-state index is 0.175. The van der Waals surface area contributed by atoms with Crippen molar-refractivity contribution in [3.05, 3.63) is 9.34 Å². The summed E-state index contributed by atoms with van der Waals surface area (Å²) in [6.45, 7) is 0.259. The second kappa shape index (κ2) is 4.51. The molecule has 0 fully saturated rings. The molecular weight excluding hydrogens is 267 g/mol. The fourth-order valence-electron chi connectivity index (χ4n) is 1.05. The van der Waals surface area contributed by atoms with E-state index >= 15 is 0 Å². The molecule has 2 nitrogen and oxygen atoms in total. The molecule has 0 saturated carbocycles. The smallest absolute Gasteiger partial charge is 0.172 e. The van der Waals surface area contributed by atoms with E-state index in [1.54, 1.807) is 0 Å². The van der Waals surface area contributed by atoms with Crippen LogP contribution in [-0.2, 0) is 9.53 Å². The molecule has 0 aromatic heterocycles. The highest BCUT2D eigenvalue weighted by Gasteiger charge is 2.18. The molecule has 0 amide bonds. The molecule has 0 N–H and O–H groups in total. The average Bonchev–Trinajstić information content (AvgIpc) is 2.08. The second-order valence-corrected chi connectivity index (χ2v) is 3.59. The first-order valence-corrected chi connectivity index (χ1v) is 4.81. The number of halogens is 1. The van der Waals surface area contributed by atoms with Crippen molar-refractivity contribution in [2.75, 3.05) is 6.61 Å². The van der Waals surface area contributed by atoms with Crippen molar-refractivity contribution in [1.82, 2.24) is 0 Å². The molecular formula is C9H9IO2. The van der Waals surface area contributed by atoms with Crippen LogP contribution in [0, 0.1) is 12.3 Å². The lowest BCUT2D eigenvalue weighted by Gasteiger charge is -2.14. The highest BCUT2D eigenvalue weighted by Crippen LogP contribution is 2.27. The molecule has 1 rings (SSSR count). The largest absolute Gasteiger partial charge is 0.484 e. The van der Waals surface area contributed by atoms with Crippen LogP contribution in [0.25, 0.3) is 0 Å². The van der Waals surface area contributed by atoms with Gasteiger partial charge in [-0.2, -0.15) is 0 Å². The van der Waals surface area contributed by atoms with Crippen molar-refractivity contribution < 1.29 is 9.53 Å². The van der Waals surface area contributed by atoms with E-state index < -0.39 is 0 Å². The van der Waals surface area contributed by atoms with E-state index in [-0.39, 0.29) is 12.4 Å². The minimum atomic E-state index is 0.175. The molecule has 0 bridgehead atoms. The maximum atomic E-state index is 11.2. The summed E-state index contributed by atoms with van der Waals surface area (Å²) in [4.78, 5) is 11.2. The van der Waals surface area contributed by atoms with Crippen molar-refractivity contribution in [1.29, 1.82) is 0 Å². The Kier molecular flexibility index (Phi) is 3.60. The van der Waals surface area contributed by atoms with Gasteiger partial charge in [0.25, 0.3) is 0 Å². The summed E-state index contributed by atoms with van der Waals surface area (Å²) >= 11 is 2.02. The zero-order valence-corrected chi connectivity index (χ0v) is 8.76. The van der Waals surface area contributed by atoms with Gasteiger partial charge in [-0.25, -0.2) is 0 Å². The van der Waals surface area contributed by atoms with Gasteiger partial charge in [0.1, 0.15) is 12.4 Å². The van der Waals surface area contributed by atoms with E-state index in [2.05, 4.69) is 5.92 Å². The SMILES string of the molecule is C#CCOC1=C(I)C(=O)CCC1. The monoisotopic (exact) mass is 276 g/mol. The van der Waals surface area contributed by atoms with Crippen LogP contribution in [0.1, 0.15) is 19.3 Å². The molecule has 64 valence electrons. The maximum Gasteiger partial charge on any atom is 0.172 e. The van der Waals surface area contributed by atoms with E-state index in [9.17, 15) is 4.79 Å². The molecule has 0 unspecified atom stereocenters. The molecule has 0 radical (unpaired) electrons. The third kappa shape index (κ3) is 2.24. The Hall–Kier alpha value is -0.500. The van der Waals surface area contributed by atoms with Gasteiger partial charge >= 0.3 is 0 Å². The minimum Gasteiger partial charge on any atom is -0.484 e. The van der Waals surface area contributed by atoms with Crippen LogP contribution >= 0.6 is 22.6 Å². The number of allylic oxidation sites excluding steroid dienone is 2. The molecule has 0 aliphatic heterocycles. The van der Waals surface area contributed by atoms with Crippen molar-refractivity contribution in [2.24, 2.45) is 0 Å². The van der Waals surface area contributed by atoms with Gasteiger partial charge in [0.15, 0.2) is 5.78 Å². The Morgan fingerprint density at radius 3 is 3.00 bits per heavy atom. The number of ketones is 1. The highest BCUT2D eigenvalue weighted by molar-refractivity contribution is 14.1. The summed E-state index contributed by atoms with van der Waals surface area (Å²) in [5.74, 6) is 3.32. The zero-order chi connectivity index (χ0) is 8.97. The van der Waals surface area contributed by atoms with Crippen LogP contribution in [0.3, 0.4) is 0 Å². The summed E-state index contributed by atoms with van der Waals surface area (Å²) < 4.78 is 5.95. The topological polar surface area (TPSA) is 26.3 Å². The van der Waals surface area contributed by atoms with Crippen LogP contribution in [0.5, 0.6) is 0 Å². The van der Waals surface area contributed by atoms with Crippen LogP contribution in [0.4, 0.5) is 0 Å². The number of carbonyl (C=O) groups excluding carboxylic acids is 1. The maximum absolute atomic E-state index is 11.2. The third-order valence-corrected chi connectivity index (χ3v) is 2.83. The Morgan fingerprint density at radius 1 is 1.58 bits per heavy atom. The molecule has 3 heteroatoms. The lowest BCUT2D eigenvalue weighted by molar-refractivity contribution is -0.115. The fraction of sp³-hybridized carbons (Fsp3) is 0.444. The molecule has 1 aliphatic rings. The van der Waals surface area contributed by atoms with Crippen LogP contribution < -0.4 is 0 Å². The van der Waals surface area contributed by atoms with Gasteiger partial charge in [0, 0.05) is 12.8 Å². The van der Waals surface area contributed by atoms with E-state index in [0.717, 1.165) is 18.6 Å². The molecule has 1 aliphatic carbocycles. The lowest BCUT2D eigenvalue weighted by Crippen LogP contribution is -2.09. The summed E-state index contributed by atoms with van der Waals surface area (Å²) in [6.07, 6.45) is 7.40. The van der Waals surface area contributed by atoms with E-state index in [4.69, 9.17) is 11.2 Å². The molecule has 0 spiro atoms. The predicted octanol–water partition coefficient (Wildman–Crippen LogP) is 2.04. The molecule has 0 aromatic rings. The normalized spacial score (nSPS) is 17.5. The number of carbonyl (C=O) groups is 1. The quantitative estimate of drug-likeness (QED) is 0.570. The first-order chi connectivity index (χ1) is 5.75. The Balaban J connectivity index is 2.66. The number of rotatable bonds is 2. The Labute approximate surface area is 85.5 Å². The average molecular weight is 276 g/mol. The van der Waals surface area contributed by atoms with E-state index in [1.807, 2.05) is 22.6 Å². The highest BCUT2D eigenvalue weighted by atomic mass is 127. The molecule has 0 atom stereocenters. The first kappa shape index (κ1) is 9.59. The van der Waals surface area contributed by atoms with E-state index in [1.165, 1.54) is 0 Å². The molecule has 0 aromatic carbocycles. The summed E-state index contributed by atoms with van der Waals surface area (Å²) in [7, 11) is 0. The van der Waals surface area contributed by atoms with Gasteiger partial charge in [-0.15, -0.1) is 6.42 Å². The molecule has 12 heavy (non-hydrogen) atoms. The first-order valence-electron chi connectivity index (χ1n) is 3.74. The number of hydrogen-bond acceptors (Lipinski definition) is 2. The van der Waals surface area contributed by atoms with E-state index in [0.29, 0.717) is 10.0 Å². The predicted molar refractivity (Wildman–Crippen MR) is 54.7 cm³/mol. The summed E-state index contributed by atoms with van der Waals surface area (Å²) in [6, 6.07) is 0. The number of terminal acetylenes is 1. The number of ether oxygens (including phenoxy) is 1. The lowest BCUT2D eigenvalue weighted by atomic mass is 10.1. The summed E-state index contributed by atoms with van der Waals surface area (Å²) in [5.41, 5.74) is 0. The molecule has 0 heterocycles. The number of hydrogen-bond donors (Lipinski definition) is 0. The zero-order valence-electron chi connectivity index (χ0n) is 6.60. The summed E-state index contributed by atoms with van der Waals surface area (Å²) in [5, 5.41) is 0. The Bertz CT molecular complexity index is 260. The fourth-order valence-corrected chi connectivity index (χ4v) is 1.74. The van der Waals surface area contributed by atoms with Crippen molar-refractivity contribution in [3.8, 4) is 12.3 Å². The van der Waals surface area contributed by atoms with Crippen LogP contribution in [0.15, 0.2) is 9.34 Å². The number of Topliss-reactive ketones (excluding diaryl/α,β-unsaturated/α-hetero) is 1. The standard InChI is InChI=1S/C9H9IO2/c1-2-6-12-8-5-3-4-7(11)9(8)10/h1H,3-6H2. The van der Waals surface area contributed by atoms with Gasteiger partial charge in [-0.05, 0) is 29.0 Å². The van der Waals surface area contributed by atoms with Gasteiger partial charge in [0.05, 0.1) is 3.58 Å². The van der Waals surface area contributed by atoms with Crippen LogP contribution in [-0.4, -0.2) is 12.4 Å². The second-order valence-electron chi connectivity index (χ2n) is 2.51. The third-order valence-electron chi connectivity index (χ3n) is 1.63.